The number of hydrogen-bond donors (Lipinski definition) is 4. The molecule has 4 N–H and O–H groups in total. The summed E-state index contributed by atoms with van der Waals surface area (Å²) in [6, 6.07) is 10.9. The topological polar surface area (TPSA) is 169 Å². The lowest BCUT2D eigenvalue weighted by Crippen LogP contribution is -2.41. The van der Waals surface area contributed by atoms with Gasteiger partial charge in [-0.1, -0.05) is 36.4 Å². The Morgan fingerprint density at radius 3 is 2.68 bits per heavy atom. The number of nitrogens with zero attached hydrogens (tertiary/aromatic N) is 1. The van der Waals surface area contributed by atoms with Crippen molar-refractivity contribution in [3.8, 4) is 5.75 Å². The number of aliphatic hydroxyl groups is 1. The Morgan fingerprint density at radius 1 is 1.26 bits per heavy atom. The largest absolute Gasteiger partial charge is 0.480 e. The Balaban J connectivity index is 1.44. The molecule has 1 saturated heterocycles. The number of fused-ring (bicyclic) bond motifs is 1. The number of aromatic nitrogens is 2. The molecule has 2 aromatic carbocycles. The van der Waals surface area contributed by atoms with Crippen LogP contribution < -0.4 is 20.9 Å². The van der Waals surface area contributed by atoms with Gasteiger partial charge in [-0.05, 0) is 31.2 Å². The Labute approximate surface area is 214 Å². The highest BCUT2D eigenvalue weighted by Crippen LogP contribution is 2.60. The van der Waals surface area contributed by atoms with Gasteiger partial charge in [0.15, 0.2) is 0 Å². The molecule has 12 nitrogen and oxygen atoms in total. The highest BCUT2D eigenvalue weighted by atomic mass is 31.2. The Kier molecular flexibility index (Phi) is 6.74. The van der Waals surface area contributed by atoms with Crippen LogP contribution in [0.5, 0.6) is 5.75 Å². The van der Waals surface area contributed by atoms with Crippen LogP contribution in [-0.4, -0.2) is 49.6 Å². The number of carboxylic acids is 1. The van der Waals surface area contributed by atoms with E-state index in [9.17, 15) is 33.6 Å². The molecular weight excluding hydrogens is 524 g/mol. The molecule has 14 heteroatoms. The van der Waals surface area contributed by atoms with E-state index in [1.807, 2.05) is 23.2 Å². The summed E-state index contributed by atoms with van der Waals surface area (Å²) in [5, 5.41) is 24.1. The van der Waals surface area contributed by atoms with Crippen molar-refractivity contribution < 1.29 is 37.7 Å². The number of H-pyrrole nitrogens is 1. The average Bonchev–Trinajstić information content (AvgIpc) is 3.52. The number of aliphatic hydroxyl groups excluding tert-OH is 1. The summed E-state index contributed by atoms with van der Waals surface area (Å²) in [5.74, 6) is -2.31. The van der Waals surface area contributed by atoms with Crippen LogP contribution in [0, 0.1) is 5.82 Å². The lowest BCUT2D eigenvalue weighted by atomic mass is 10.1. The second-order valence-electron chi connectivity index (χ2n) is 9.37. The summed E-state index contributed by atoms with van der Waals surface area (Å²) in [6.07, 6.45) is -2.36. The molecule has 1 saturated carbocycles. The molecule has 2 fully saturated rings. The van der Waals surface area contributed by atoms with E-state index in [1.54, 1.807) is 24.3 Å². The minimum absolute atomic E-state index is 0.144. The molecule has 2 aliphatic rings. The third-order valence-corrected chi connectivity index (χ3v) is 8.33. The van der Waals surface area contributed by atoms with Gasteiger partial charge < -0.3 is 19.5 Å². The zero-order valence-electron chi connectivity index (χ0n) is 20.1. The Bertz CT molecular complexity index is 1550. The van der Waals surface area contributed by atoms with E-state index in [2.05, 4.69) is 5.09 Å². The first-order chi connectivity index (χ1) is 18.0. The van der Waals surface area contributed by atoms with Gasteiger partial charge in [0.1, 0.15) is 29.7 Å². The highest BCUT2D eigenvalue weighted by Gasteiger charge is 2.61. The summed E-state index contributed by atoms with van der Waals surface area (Å²) in [5.41, 5.74) is -3.46. The van der Waals surface area contributed by atoms with Crippen LogP contribution in [0.25, 0.3) is 10.8 Å². The first kappa shape index (κ1) is 26.3. The zero-order chi connectivity index (χ0) is 27.2. The summed E-state index contributed by atoms with van der Waals surface area (Å²) >= 11 is 0. The maximum Gasteiger partial charge on any atom is 0.460 e. The van der Waals surface area contributed by atoms with E-state index in [0.717, 1.165) is 9.95 Å². The van der Waals surface area contributed by atoms with Crippen LogP contribution in [-0.2, 0) is 18.6 Å². The normalized spacial score (nSPS) is 24.6. The monoisotopic (exact) mass is 549 g/mol. The second-order valence-corrected chi connectivity index (χ2v) is 11.0. The average molecular weight is 549 g/mol. The summed E-state index contributed by atoms with van der Waals surface area (Å²) in [7, 11) is -4.41. The molecule has 1 aliphatic heterocycles. The predicted molar refractivity (Wildman–Crippen MR) is 131 cm³/mol. The standard InChI is InChI=1S/C24H25FN3O9P/c1-13(22(31)32)27-38(34,36-18-8-4-6-14-5-2-3-7-15(14)18)37-24(9-10-24)20-17(29)11-19(35-20)28-12-16(25)21(30)26-23(28)33/h2-8,12-13,17,19-20,29H,9-11H2,1H3,(H,27,34)(H,31,32)(H,26,30,33)/t13?,17-,19+,20-,38-/m0/s1. The number of carbonyl (C=O) groups is 1. The highest BCUT2D eigenvalue weighted by molar-refractivity contribution is 7.52. The molecule has 5 rings (SSSR count). The number of ether oxygens (including phenoxy) is 1. The number of aliphatic carboxylic acids is 1. The van der Waals surface area contributed by atoms with E-state index < -0.39 is 60.9 Å². The van der Waals surface area contributed by atoms with Gasteiger partial charge in [-0.3, -0.25) is 23.7 Å². The number of halogens is 1. The van der Waals surface area contributed by atoms with Gasteiger partial charge in [0, 0.05) is 11.8 Å². The molecule has 0 amide bonds. The Hall–Kier alpha value is -3.35. The number of carboxylic acid groups (broad SMARTS) is 1. The molecule has 202 valence electrons. The second kappa shape index (κ2) is 9.75. The molecule has 2 heterocycles. The summed E-state index contributed by atoms with van der Waals surface area (Å²) < 4.78 is 46.4. The minimum Gasteiger partial charge on any atom is -0.480 e. The maximum atomic E-state index is 14.0. The van der Waals surface area contributed by atoms with Crippen molar-refractivity contribution in [1.29, 1.82) is 0 Å². The van der Waals surface area contributed by atoms with Crippen molar-refractivity contribution in [2.75, 3.05) is 0 Å². The third-order valence-electron chi connectivity index (χ3n) is 6.58. The number of rotatable bonds is 9. The number of nitrogens with one attached hydrogen (secondary N) is 2. The minimum atomic E-state index is -4.41. The molecule has 0 bridgehead atoms. The zero-order valence-corrected chi connectivity index (χ0v) is 21.0. The van der Waals surface area contributed by atoms with Gasteiger partial charge >= 0.3 is 19.4 Å². The van der Waals surface area contributed by atoms with E-state index in [-0.39, 0.29) is 25.0 Å². The van der Waals surface area contributed by atoms with Crippen LogP contribution in [0.2, 0.25) is 0 Å². The van der Waals surface area contributed by atoms with Crippen LogP contribution in [0.4, 0.5) is 4.39 Å². The van der Waals surface area contributed by atoms with Crippen molar-refractivity contribution in [2.24, 2.45) is 0 Å². The fourth-order valence-corrected chi connectivity index (χ4v) is 6.44. The first-order valence-electron chi connectivity index (χ1n) is 11.8. The lowest BCUT2D eigenvalue weighted by molar-refractivity contribution is -0.138. The fraction of sp³-hybridized carbons (Fsp3) is 0.375. The SMILES string of the molecule is CC(N[P@](=O)(Oc1cccc2ccccc12)OC1([C@H]2O[C@@H](n3cc(F)c(=O)[nH]c3=O)C[C@@H]2O)CC1)C(=O)O. The van der Waals surface area contributed by atoms with Crippen molar-refractivity contribution in [3.05, 3.63) is 75.3 Å². The van der Waals surface area contributed by atoms with Crippen LogP contribution in [0.1, 0.15) is 32.4 Å². The van der Waals surface area contributed by atoms with Crippen molar-refractivity contribution in [2.45, 2.75) is 56.3 Å². The fourth-order valence-electron chi connectivity index (χ4n) is 4.53. The quantitative estimate of drug-likeness (QED) is 0.291. The van der Waals surface area contributed by atoms with E-state index in [0.29, 0.717) is 11.6 Å². The molecule has 1 aromatic heterocycles. The summed E-state index contributed by atoms with van der Waals surface area (Å²) in [4.78, 5) is 37.0. The van der Waals surface area contributed by atoms with Gasteiger partial charge in [0.05, 0.1) is 12.3 Å². The van der Waals surface area contributed by atoms with Gasteiger partial charge in [-0.15, -0.1) is 0 Å². The first-order valence-corrected chi connectivity index (χ1v) is 13.4. The smallest absolute Gasteiger partial charge is 0.460 e. The van der Waals surface area contributed by atoms with E-state index >= 15 is 0 Å². The number of aromatic amines is 1. The molecular formula is C24H25FN3O9P. The predicted octanol–water partition coefficient (Wildman–Crippen LogP) is 2.28. The molecule has 1 aliphatic carbocycles. The molecule has 0 radical (unpaired) electrons. The lowest BCUT2D eigenvalue weighted by Gasteiger charge is -2.31. The molecule has 5 atom stereocenters. The maximum absolute atomic E-state index is 14.0. The molecule has 38 heavy (non-hydrogen) atoms. The van der Waals surface area contributed by atoms with Crippen LogP contribution in [0.15, 0.2) is 58.3 Å². The number of benzene rings is 2. The Morgan fingerprint density at radius 2 is 1.97 bits per heavy atom. The van der Waals surface area contributed by atoms with Crippen LogP contribution >= 0.6 is 7.75 Å². The van der Waals surface area contributed by atoms with Crippen molar-refractivity contribution in [1.82, 2.24) is 14.6 Å². The molecule has 3 aromatic rings. The molecule has 0 spiro atoms. The molecule has 1 unspecified atom stereocenters. The van der Waals surface area contributed by atoms with Crippen molar-refractivity contribution >= 4 is 24.5 Å². The van der Waals surface area contributed by atoms with Gasteiger partial charge in [-0.25, -0.2) is 9.36 Å². The van der Waals surface area contributed by atoms with Gasteiger partial charge in [0.2, 0.25) is 5.82 Å². The van der Waals surface area contributed by atoms with Gasteiger partial charge in [-0.2, -0.15) is 9.48 Å². The van der Waals surface area contributed by atoms with E-state index in [1.165, 1.54) is 6.92 Å². The number of hydrogen-bond acceptors (Lipinski definition) is 8. The third kappa shape index (κ3) is 5.03. The van der Waals surface area contributed by atoms with Crippen molar-refractivity contribution in [3.63, 3.8) is 0 Å². The summed E-state index contributed by atoms with van der Waals surface area (Å²) in [6.45, 7) is 1.28. The van der Waals surface area contributed by atoms with Gasteiger partial charge in [0.25, 0.3) is 5.56 Å². The van der Waals surface area contributed by atoms with Crippen LogP contribution in [0.3, 0.4) is 0 Å². The van der Waals surface area contributed by atoms with E-state index in [4.69, 9.17) is 13.8 Å².